The molecular weight excluding hydrogens is 251 g/mol. The van der Waals surface area contributed by atoms with E-state index in [1.807, 2.05) is 0 Å². The lowest BCUT2D eigenvalue weighted by atomic mass is 9.81. The van der Waals surface area contributed by atoms with Crippen LogP contribution in [0.4, 0.5) is 13.2 Å². The summed E-state index contributed by atoms with van der Waals surface area (Å²) in [5, 5.41) is 20.7. The average molecular weight is 271 g/mol. The van der Waals surface area contributed by atoms with Crippen LogP contribution < -0.4 is 10.4 Å². The summed E-state index contributed by atoms with van der Waals surface area (Å²) in [4.78, 5) is 8.78. The van der Waals surface area contributed by atoms with Crippen LogP contribution in [-0.2, 0) is 4.79 Å². The number of carbonyl (C=O) groups is 1. The molecule has 0 bridgehead atoms. The predicted molar refractivity (Wildman–Crippen MR) is 56.4 cm³/mol. The molecule has 0 unspecified atom stereocenters. The van der Waals surface area contributed by atoms with Gasteiger partial charge in [-0.05, 0) is 27.7 Å². The number of carboxylic acid groups (broad SMARTS) is 1. The molecule has 0 aromatic rings. The molecule has 3 N–H and O–H groups in total. The zero-order chi connectivity index (χ0) is 14.8. The molecule has 0 aromatic heterocycles. The molecule has 0 radical (unpaired) electrons. The first-order chi connectivity index (χ1) is 7.75. The number of halogens is 3. The van der Waals surface area contributed by atoms with E-state index in [0.29, 0.717) is 0 Å². The van der Waals surface area contributed by atoms with Gasteiger partial charge in [-0.25, -0.2) is 0 Å². The Morgan fingerprint density at radius 1 is 1.22 bits per heavy atom. The Bertz CT molecular complexity index is 284. The van der Waals surface area contributed by atoms with E-state index in [0.717, 1.165) is 12.8 Å². The number of carboxylic acids is 1. The minimum atomic E-state index is -5.19. The molecule has 7 heteroatoms. The second-order valence-corrected chi connectivity index (χ2v) is 5.97. The summed E-state index contributed by atoms with van der Waals surface area (Å²) in [6.45, 7) is 8.77. The molecule has 1 aliphatic heterocycles. The Balaban J connectivity index is 0.000000360. The van der Waals surface area contributed by atoms with E-state index >= 15 is 0 Å². The van der Waals surface area contributed by atoms with Crippen LogP contribution in [0, 0.1) is 0 Å². The van der Waals surface area contributed by atoms with E-state index in [9.17, 15) is 18.3 Å². The average Bonchev–Trinajstić information content (AvgIpc) is 1.94. The van der Waals surface area contributed by atoms with E-state index in [1.165, 1.54) is 0 Å². The van der Waals surface area contributed by atoms with Crippen molar-refractivity contribution in [1.82, 2.24) is 0 Å². The van der Waals surface area contributed by atoms with Crippen LogP contribution in [0.15, 0.2) is 0 Å². The van der Waals surface area contributed by atoms with Crippen molar-refractivity contribution >= 4 is 5.97 Å². The summed E-state index contributed by atoms with van der Waals surface area (Å²) in [6.07, 6.45) is -3.47. The van der Waals surface area contributed by atoms with E-state index in [-0.39, 0.29) is 17.2 Å². The van der Waals surface area contributed by atoms with E-state index in [2.05, 4.69) is 33.0 Å². The van der Waals surface area contributed by atoms with Crippen LogP contribution in [0.2, 0.25) is 0 Å². The third-order valence-electron chi connectivity index (χ3n) is 2.54. The highest BCUT2D eigenvalue weighted by atomic mass is 19.4. The van der Waals surface area contributed by atoms with Gasteiger partial charge in [0.1, 0.15) is 5.97 Å². The summed E-state index contributed by atoms with van der Waals surface area (Å²) in [5.74, 6) is -3.01. The molecule has 0 amide bonds. The van der Waals surface area contributed by atoms with Crippen molar-refractivity contribution in [1.29, 1.82) is 0 Å². The van der Waals surface area contributed by atoms with Gasteiger partial charge in [-0.2, -0.15) is 13.2 Å². The maximum atomic E-state index is 10.5. The predicted octanol–water partition coefficient (Wildman–Crippen LogP) is -0.440. The standard InChI is InChI=1S/C9H19NO.C2HF3O2/c1-8(2)5-7(11)6-9(3,4)10-8;3-2(4,5)1(6)7/h7,10-11H,5-6H2,1-4H3;(H,6,7). The minimum Gasteiger partial charge on any atom is -0.542 e. The molecular formula is C11H20F3NO3. The second-order valence-electron chi connectivity index (χ2n) is 5.97. The van der Waals surface area contributed by atoms with Crippen LogP contribution in [0.25, 0.3) is 0 Å². The first-order valence-corrected chi connectivity index (χ1v) is 5.58. The highest BCUT2D eigenvalue weighted by Gasteiger charge is 2.40. The quantitative estimate of drug-likeness (QED) is 0.627. The normalized spacial score (nSPS) is 22.9. The highest BCUT2D eigenvalue weighted by molar-refractivity contribution is 5.70. The van der Waals surface area contributed by atoms with E-state index in [4.69, 9.17) is 9.90 Å². The lowest BCUT2D eigenvalue weighted by molar-refractivity contribution is -0.789. The SMILES string of the molecule is CC1(C)CC(O)CC(C)(C)[NH2+]1.O=C([O-])C(F)(F)F. The summed E-state index contributed by atoms with van der Waals surface area (Å²) in [6, 6.07) is 0. The third-order valence-corrected chi connectivity index (χ3v) is 2.54. The molecule has 1 aliphatic rings. The number of aliphatic hydroxyl groups is 1. The molecule has 4 nitrogen and oxygen atoms in total. The molecule has 1 saturated heterocycles. The Morgan fingerprint density at radius 3 is 1.67 bits per heavy atom. The second kappa shape index (κ2) is 5.44. The lowest BCUT2D eigenvalue weighted by Gasteiger charge is -2.41. The Hall–Kier alpha value is -0.820. The molecule has 1 rings (SSSR count). The van der Waals surface area contributed by atoms with Gasteiger partial charge in [-0.3, -0.25) is 0 Å². The van der Waals surface area contributed by atoms with Crippen molar-refractivity contribution in [2.75, 3.05) is 0 Å². The minimum absolute atomic E-state index is 0.106. The van der Waals surface area contributed by atoms with Crippen LogP contribution in [0.1, 0.15) is 40.5 Å². The third kappa shape index (κ3) is 6.80. The monoisotopic (exact) mass is 271 g/mol. The first kappa shape index (κ1) is 17.2. The van der Waals surface area contributed by atoms with E-state index in [1.54, 1.807) is 0 Å². The van der Waals surface area contributed by atoms with Crippen LogP contribution in [0.5, 0.6) is 0 Å². The topological polar surface area (TPSA) is 77.0 Å². The molecule has 0 spiro atoms. The number of hydrogen-bond acceptors (Lipinski definition) is 3. The van der Waals surface area contributed by atoms with Crippen LogP contribution in [0.3, 0.4) is 0 Å². The number of carbonyl (C=O) groups excluding carboxylic acids is 1. The van der Waals surface area contributed by atoms with Gasteiger partial charge in [0.15, 0.2) is 0 Å². The van der Waals surface area contributed by atoms with Gasteiger partial charge in [-0.1, -0.05) is 0 Å². The molecule has 0 atom stereocenters. The molecule has 0 aliphatic carbocycles. The van der Waals surface area contributed by atoms with Gasteiger partial charge in [0.05, 0.1) is 17.2 Å². The van der Waals surface area contributed by atoms with Gasteiger partial charge in [0.2, 0.25) is 0 Å². The summed E-state index contributed by atoms with van der Waals surface area (Å²) < 4.78 is 31.5. The summed E-state index contributed by atoms with van der Waals surface area (Å²) >= 11 is 0. The van der Waals surface area contributed by atoms with Crippen molar-refractivity contribution in [3.05, 3.63) is 0 Å². The molecule has 1 fully saturated rings. The molecule has 1 heterocycles. The molecule has 108 valence electrons. The van der Waals surface area contributed by atoms with Crippen LogP contribution >= 0.6 is 0 Å². The fourth-order valence-electron chi connectivity index (χ4n) is 2.46. The smallest absolute Gasteiger partial charge is 0.430 e. The zero-order valence-electron chi connectivity index (χ0n) is 11.0. The Labute approximate surface area is 104 Å². The molecule has 0 aromatic carbocycles. The van der Waals surface area contributed by atoms with Gasteiger partial charge in [-0.15, -0.1) is 0 Å². The van der Waals surface area contributed by atoms with Gasteiger partial charge >= 0.3 is 6.18 Å². The van der Waals surface area contributed by atoms with E-state index < -0.39 is 12.1 Å². The van der Waals surface area contributed by atoms with Crippen molar-refractivity contribution in [3.63, 3.8) is 0 Å². The van der Waals surface area contributed by atoms with Gasteiger partial charge in [0.25, 0.3) is 0 Å². The molecule has 0 saturated carbocycles. The van der Waals surface area contributed by atoms with Crippen molar-refractivity contribution in [2.24, 2.45) is 0 Å². The number of hydrogen-bond donors (Lipinski definition) is 2. The maximum Gasteiger partial charge on any atom is 0.430 e. The Morgan fingerprint density at radius 2 is 1.50 bits per heavy atom. The fourth-order valence-corrected chi connectivity index (χ4v) is 2.46. The van der Waals surface area contributed by atoms with Crippen molar-refractivity contribution in [3.8, 4) is 0 Å². The number of aliphatic carboxylic acids is 1. The number of aliphatic hydroxyl groups excluding tert-OH is 1. The Kier molecular flexibility index (Phi) is 5.19. The first-order valence-electron chi connectivity index (χ1n) is 5.58. The van der Waals surface area contributed by atoms with Crippen molar-refractivity contribution in [2.45, 2.75) is 63.9 Å². The number of piperidine rings is 1. The highest BCUT2D eigenvalue weighted by Crippen LogP contribution is 2.21. The largest absolute Gasteiger partial charge is 0.542 e. The number of alkyl halides is 3. The summed E-state index contributed by atoms with van der Waals surface area (Å²) in [7, 11) is 0. The zero-order valence-corrected chi connectivity index (χ0v) is 11.0. The molecule has 18 heavy (non-hydrogen) atoms. The lowest BCUT2D eigenvalue weighted by Crippen LogP contribution is -3.05. The fraction of sp³-hybridized carbons (Fsp3) is 0.909. The van der Waals surface area contributed by atoms with Gasteiger partial charge < -0.3 is 20.3 Å². The number of quaternary nitrogens is 1. The van der Waals surface area contributed by atoms with Crippen LogP contribution in [-0.4, -0.2) is 34.4 Å². The summed E-state index contributed by atoms with van der Waals surface area (Å²) in [5.41, 5.74) is 0.419. The number of nitrogens with two attached hydrogens (primary N) is 1. The van der Waals surface area contributed by atoms with Gasteiger partial charge in [0, 0.05) is 12.8 Å². The van der Waals surface area contributed by atoms with Crippen molar-refractivity contribution < 1.29 is 33.5 Å². The maximum absolute atomic E-state index is 10.5. The number of rotatable bonds is 0.